The number of sulfone groups is 1. The zero-order valence-electron chi connectivity index (χ0n) is 35.4. The van der Waals surface area contributed by atoms with Gasteiger partial charge in [-0.15, -0.1) is 23.1 Å². The molecule has 5 aromatic rings. The molecule has 0 saturated carbocycles. The number of β-lactam (4-membered cyclic amide) rings is 1. The number of methoxy groups -OCH3 is 1. The number of nitrogens with one attached hydrogen (secondary N) is 3. The van der Waals surface area contributed by atoms with E-state index in [-0.39, 0.29) is 29.3 Å². The number of benzene rings is 4. The van der Waals surface area contributed by atoms with Gasteiger partial charge in [0.25, 0.3) is 11.8 Å². The highest BCUT2D eigenvalue weighted by atomic mass is 32.2. The van der Waals surface area contributed by atoms with E-state index in [0.717, 1.165) is 33.4 Å². The minimum absolute atomic E-state index is 0.0996. The van der Waals surface area contributed by atoms with Gasteiger partial charge >= 0.3 is 21.5 Å². The van der Waals surface area contributed by atoms with Crippen LogP contribution in [-0.4, -0.2) is 105 Å². The van der Waals surface area contributed by atoms with Crippen molar-refractivity contribution in [1.29, 1.82) is 0 Å². The molecule has 2 aliphatic heterocycles. The van der Waals surface area contributed by atoms with E-state index in [1.807, 2.05) is 91.0 Å². The number of hydrogen-bond donors (Lipinski definition) is 3. The van der Waals surface area contributed by atoms with E-state index in [1.165, 1.54) is 30.3 Å². The van der Waals surface area contributed by atoms with Crippen molar-refractivity contribution in [3.8, 4) is 5.75 Å². The van der Waals surface area contributed by atoms with E-state index in [1.54, 1.807) is 29.6 Å². The fourth-order valence-corrected chi connectivity index (χ4v) is 11.6. The van der Waals surface area contributed by atoms with Crippen LogP contribution < -0.4 is 20.1 Å². The van der Waals surface area contributed by atoms with E-state index in [0.29, 0.717) is 16.4 Å². The fourth-order valence-electron chi connectivity index (χ4n) is 7.36. The molecule has 16 nitrogen and oxygen atoms in total. The van der Waals surface area contributed by atoms with Gasteiger partial charge in [0.1, 0.15) is 47.8 Å². The summed E-state index contributed by atoms with van der Waals surface area (Å²) in [6.07, 6.45) is 0. The van der Waals surface area contributed by atoms with E-state index in [9.17, 15) is 44.4 Å². The summed E-state index contributed by atoms with van der Waals surface area (Å²) in [5.41, 5.74) is -4.16. The Morgan fingerprint density at radius 3 is 1.99 bits per heavy atom. The monoisotopic (exact) mass is 998 g/mol. The third-order valence-electron chi connectivity index (χ3n) is 10.5. The number of aromatic nitrogens is 1. The first-order valence-corrected chi connectivity index (χ1v) is 25.3. The van der Waals surface area contributed by atoms with Crippen molar-refractivity contribution in [2.75, 3.05) is 43.3 Å². The molecule has 0 spiro atoms. The van der Waals surface area contributed by atoms with Crippen LogP contribution in [0.5, 0.6) is 5.75 Å². The van der Waals surface area contributed by atoms with E-state index >= 15 is 0 Å². The Balaban J connectivity index is 1.12. The fraction of sp³-hybridized carbons (Fsp3) is 0.250. The number of rotatable bonds is 19. The normalized spacial score (nSPS) is 16.7. The van der Waals surface area contributed by atoms with Gasteiger partial charge < -0.3 is 24.9 Å². The molecular formula is C44H41F3N6O10S4. The molecule has 3 heterocycles. The number of sulfonamides is 1. The molecule has 3 N–H and O–H groups in total. The van der Waals surface area contributed by atoms with E-state index < -0.39 is 83.9 Å². The average molecular weight is 999 g/mol. The number of thiazole rings is 1. The number of ether oxygens (including phenoxy) is 2. The zero-order chi connectivity index (χ0) is 48.0. The second kappa shape index (κ2) is 20.3. The Bertz CT molecular complexity index is 2790. The van der Waals surface area contributed by atoms with Gasteiger partial charge in [-0.2, -0.15) is 13.2 Å². The Kier molecular flexibility index (Phi) is 14.7. The number of esters is 1. The van der Waals surface area contributed by atoms with E-state index in [2.05, 4.69) is 15.8 Å². The van der Waals surface area contributed by atoms with E-state index in [4.69, 9.17) is 19.3 Å². The van der Waals surface area contributed by atoms with Crippen LogP contribution >= 0.6 is 23.1 Å². The van der Waals surface area contributed by atoms with Crippen molar-refractivity contribution in [2.45, 2.75) is 29.1 Å². The van der Waals surface area contributed by atoms with Crippen LogP contribution in [0, 0.1) is 0 Å². The molecule has 1 fully saturated rings. The first kappa shape index (κ1) is 48.7. The van der Waals surface area contributed by atoms with Crippen LogP contribution in [-0.2, 0) is 56.0 Å². The molecular weight excluding hydrogens is 958 g/mol. The molecule has 1 saturated heterocycles. The van der Waals surface area contributed by atoms with Crippen molar-refractivity contribution < 1.29 is 58.7 Å². The maximum Gasteiger partial charge on any atom is 0.511 e. The Hall–Kier alpha value is -6.27. The lowest BCUT2D eigenvalue weighted by molar-refractivity contribution is -0.153. The van der Waals surface area contributed by atoms with Gasteiger partial charge in [0.2, 0.25) is 0 Å². The highest BCUT2D eigenvalue weighted by molar-refractivity contribution is 8.00. The number of oxime groups is 1. The summed E-state index contributed by atoms with van der Waals surface area (Å²) in [7, 11) is -7.54. The number of carbonyl (C=O) groups excluding carboxylic acids is 3. The SMILES string of the molecule is CO/N=C(\C(=O)NC1C(=O)N2C(C(=O)OCc3ccc(OC)cc3)=C(CS(=O)(=O)CCNS(=O)(=O)C(F)(F)F)CS[C@H]12)c1csc(NC(c2ccccc2)(c2ccccc2)c2ccccc2)n1. The predicted molar refractivity (Wildman–Crippen MR) is 245 cm³/mol. The smallest absolute Gasteiger partial charge is 0.497 e. The standard InChI is InChI=1S/C44H41F3N6O10S4/c1-61-33-20-18-28(19-21-33)24-63-41(56)37-29(27-66(57,58)23-22-48-67(59,60)44(45,46)47)25-64-40-36(39(55)53(37)40)50-38(54)35(52-62-2)34-26-65-42(49-34)51-43(30-12-6-3-7-13-30,31-14-8-4-9-15-31)32-16-10-5-11-17-32/h3-21,26,36,40,48H,22-25,27H2,1-2H3,(H,49,51)(H,50,54)/b52-35-/t36?,40-/m1/s1. The molecule has 0 aliphatic carbocycles. The maximum absolute atomic E-state index is 14.1. The minimum Gasteiger partial charge on any atom is -0.497 e. The topological polar surface area (TPSA) is 212 Å². The van der Waals surface area contributed by atoms with Crippen molar-refractivity contribution in [3.05, 3.63) is 160 Å². The summed E-state index contributed by atoms with van der Waals surface area (Å²) < 4.78 is 99.8. The number of carbonyl (C=O) groups is 3. The lowest BCUT2D eigenvalue weighted by atomic mass is 9.77. The molecule has 2 atom stereocenters. The van der Waals surface area contributed by atoms with Gasteiger partial charge in [0.05, 0.1) is 18.6 Å². The van der Waals surface area contributed by atoms with Crippen molar-refractivity contribution in [2.24, 2.45) is 5.16 Å². The number of halogens is 3. The van der Waals surface area contributed by atoms with Crippen LogP contribution in [0.2, 0.25) is 0 Å². The Morgan fingerprint density at radius 1 is 0.866 bits per heavy atom. The van der Waals surface area contributed by atoms with Crippen LogP contribution in [0.1, 0.15) is 27.9 Å². The predicted octanol–water partition coefficient (Wildman–Crippen LogP) is 5.16. The molecule has 2 amide bonds. The first-order valence-electron chi connectivity index (χ1n) is 20.0. The second-order valence-corrected chi connectivity index (χ2v) is 20.7. The third-order valence-corrected chi connectivity index (χ3v) is 15.4. The minimum atomic E-state index is -5.83. The number of hydrogen-bond acceptors (Lipinski definition) is 15. The third kappa shape index (κ3) is 10.6. The van der Waals surface area contributed by atoms with Gasteiger partial charge in [-0.05, 0) is 40.0 Å². The molecule has 0 radical (unpaired) electrons. The summed E-state index contributed by atoms with van der Waals surface area (Å²) in [6.45, 7) is -1.42. The molecule has 7 rings (SSSR count). The molecule has 67 heavy (non-hydrogen) atoms. The summed E-state index contributed by atoms with van der Waals surface area (Å²) in [5.74, 6) is -4.44. The largest absolute Gasteiger partial charge is 0.511 e. The number of anilines is 1. The lowest BCUT2D eigenvalue weighted by Gasteiger charge is -2.49. The molecule has 23 heteroatoms. The molecule has 0 bridgehead atoms. The number of nitrogens with zero attached hydrogens (tertiary/aromatic N) is 3. The van der Waals surface area contributed by atoms with Crippen molar-refractivity contribution in [1.82, 2.24) is 19.9 Å². The summed E-state index contributed by atoms with van der Waals surface area (Å²) in [5, 5.41) is 11.3. The van der Waals surface area contributed by atoms with Gasteiger partial charge in [-0.25, -0.2) is 31.3 Å². The quantitative estimate of drug-likeness (QED) is 0.0322. The van der Waals surface area contributed by atoms with Crippen LogP contribution in [0.25, 0.3) is 0 Å². The van der Waals surface area contributed by atoms with Crippen LogP contribution in [0.4, 0.5) is 18.3 Å². The van der Waals surface area contributed by atoms with Crippen LogP contribution in [0.15, 0.2) is 137 Å². The van der Waals surface area contributed by atoms with Gasteiger partial charge in [-0.3, -0.25) is 14.5 Å². The number of amides is 2. The average Bonchev–Trinajstić information content (AvgIpc) is 3.78. The van der Waals surface area contributed by atoms with Gasteiger partial charge in [0, 0.05) is 17.7 Å². The number of fused-ring (bicyclic) bond motifs is 1. The molecule has 1 unspecified atom stereocenters. The molecule has 1 aromatic heterocycles. The first-order chi connectivity index (χ1) is 32.0. The number of alkyl halides is 3. The van der Waals surface area contributed by atoms with Crippen molar-refractivity contribution in [3.63, 3.8) is 0 Å². The maximum atomic E-state index is 14.1. The highest BCUT2D eigenvalue weighted by Crippen LogP contribution is 2.43. The van der Waals surface area contributed by atoms with Gasteiger partial charge in [0.15, 0.2) is 20.7 Å². The molecule has 4 aromatic carbocycles. The summed E-state index contributed by atoms with van der Waals surface area (Å²) >= 11 is 2.20. The molecule has 2 aliphatic rings. The second-order valence-electron chi connectivity index (χ2n) is 14.8. The number of thioether (sulfide) groups is 1. The highest BCUT2D eigenvalue weighted by Gasteiger charge is 2.55. The molecule has 352 valence electrons. The summed E-state index contributed by atoms with van der Waals surface area (Å²) in [4.78, 5) is 52.6. The Morgan fingerprint density at radius 2 is 1.45 bits per heavy atom. The zero-order valence-corrected chi connectivity index (χ0v) is 38.7. The Labute approximate surface area is 391 Å². The van der Waals surface area contributed by atoms with Gasteiger partial charge in [-0.1, -0.05) is 108 Å². The van der Waals surface area contributed by atoms with Crippen LogP contribution in [0.3, 0.4) is 0 Å². The summed E-state index contributed by atoms with van der Waals surface area (Å²) in [6, 6.07) is 34.5. The lowest BCUT2D eigenvalue weighted by Crippen LogP contribution is -2.71. The van der Waals surface area contributed by atoms with Crippen molar-refractivity contribution >= 4 is 71.6 Å².